The van der Waals surface area contributed by atoms with Gasteiger partial charge in [-0.05, 0) is 25.5 Å². The summed E-state index contributed by atoms with van der Waals surface area (Å²) in [5.74, 6) is 0.485. The lowest BCUT2D eigenvalue weighted by Gasteiger charge is -2.27. The minimum atomic E-state index is 0.0783. The predicted octanol–water partition coefficient (Wildman–Crippen LogP) is 1.35. The summed E-state index contributed by atoms with van der Waals surface area (Å²) in [7, 11) is 1.80. The van der Waals surface area contributed by atoms with E-state index in [1.807, 2.05) is 12.1 Å². The van der Waals surface area contributed by atoms with Crippen molar-refractivity contribution in [1.82, 2.24) is 10.2 Å². The number of aromatic hydroxyl groups is 1. The molecule has 1 saturated heterocycles. The van der Waals surface area contributed by atoms with Gasteiger partial charge in [0, 0.05) is 25.7 Å². The average Bonchev–Trinajstić information content (AvgIpc) is 2.41. The van der Waals surface area contributed by atoms with Gasteiger partial charge in [-0.1, -0.05) is 18.2 Å². The molecule has 0 bridgehead atoms. The van der Waals surface area contributed by atoms with Gasteiger partial charge >= 0.3 is 0 Å². The Kier molecular flexibility index (Phi) is 4.20. The maximum Gasteiger partial charge on any atom is 0.227 e. The predicted molar refractivity (Wildman–Crippen MR) is 70.2 cm³/mol. The molecule has 1 aliphatic rings. The molecule has 1 atom stereocenters. The zero-order chi connectivity index (χ0) is 13.0. The maximum absolute atomic E-state index is 12.2. The van der Waals surface area contributed by atoms with Gasteiger partial charge in [0.15, 0.2) is 0 Å². The maximum atomic E-state index is 12.2. The summed E-state index contributed by atoms with van der Waals surface area (Å²) >= 11 is 0. The third-order valence-corrected chi connectivity index (χ3v) is 3.42. The van der Waals surface area contributed by atoms with E-state index in [2.05, 4.69) is 5.32 Å². The van der Waals surface area contributed by atoms with Crippen LogP contribution in [0.15, 0.2) is 24.3 Å². The smallest absolute Gasteiger partial charge is 0.227 e. The van der Waals surface area contributed by atoms with Crippen LogP contribution < -0.4 is 5.32 Å². The normalized spacial score (nSPS) is 19.5. The molecule has 1 aromatic rings. The van der Waals surface area contributed by atoms with Crippen LogP contribution >= 0.6 is 0 Å². The molecule has 1 amide bonds. The summed E-state index contributed by atoms with van der Waals surface area (Å²) in [6.07, 6.45) is 2.01. The summed E-state index contributed by atoms with van der Waals surface area (Å²) in [5, 5.41) is 13.0. The second-order valence-corrected chi connectivity index (χ2v) is 4.87. The SMILES string of the molecule is CN(Cc1ccccc1O)C(=O)[C@@H]1CCCNC1. The molecular formula is C14H20N2O2. The average molecular weight is 248 g/mol. The summed E-state index contributed by atoms with van der Waals surface area (Å²) < 4.78 is 0. The highest BCUT2D eigenvalue weighted by Gasteiger charge is 2.24. The Morgan fingerprint density at radius 3 is 2.94 bits per heavy atom. The van der Waals surface area contributed by atoms with Gasteiger partial charge in [-0.3, -0.25) is 4.79 Å². The largest absolute Gasteiger partial charge is 0.508 e. The Bertz CT molecular complexity index is 414. The molecule has 1 fully saturated rings. The summed E-state index contributed by atoms with van der Waals surface area (Å²) in [5.41, 5.74) is 0.789. The van der Waals surface area contributed by atoms with Crippen molar-refractivity contribution in [2.24, 2.45) is 5.92 Å². The first-order chi connectivity index (χ1) is 8.68. The van der Waals surface area contributed by atoms with Crippen molar-refractivity contribution in [3.8, 4) is 5.75 Å². The van der Waals surface area contributed by atoms with E-state index in [1.54, 1.807) is 24.1 Å². The molecule has 4 heteroatoms. The third-order valence-electron chi connectivity index (χ3n) is 3.42. The second-order valence-electron chi connectivity index (χ2n) is 4.87. The highest BCUT2D eigenvalue weighted by Crippen LogP contribution is 2.19. The van der Waals surface area contributed by atoms with Crippen LogP contribution in [0.3, 0.4) is 0 Å². The number of hydrogen-bond acceptors (Lipinski definition) is 3. The Morgan fingerprint density at radius 2 is 2.28 bits per heavy atom. The molecule has 1 aromatic carbocycles. The van der Waals surface area contributed by atoms with Crippen molar-refractivity contribution in [1.29, 1.82) is 0 Å². The number of para-hydroxylation sites is 1. The highest BCUT2D eigenvalue weighted by molar-refractivity contribution is 5.79. The molecule has 98 valence electrons. The fourth-order valence-corrected chi connectivity index (χ4v) is 2.35. The van der Waals surface area contributed by atoms with Crippen molar-refractivity contribution < 1.29 is 9.90 Å². The number of nitrogens with one attached hydrogen (secondary N) is 1. The van der Waals surface area contributed by atoms with Crippen molar-refractivity contribution in [2.45, 2.75) is 19.4 Å². The second kappa shape index (κ2) is 5.87. The number of carbonyl (C=O) groups excluding carboxylic acids is 1. The number of benzene rings is 1. The van der Waals surface area contributed by atoms with Crippen LogP contribution in [0.1, 0.15) is 18.4 Å². The molecular weight excluding hydrogens is 228 g/mol. The minimum absolute atomic E-state index is 0.0783. The fraction of sp³-hybridized carbons (Fsp3) is 0.500. The van der Waals surface area contributed by atoms with E-state index in [0.29, 0.717) is 6.54 Å². The van der Waals surface area contributed by atoms with Crippen molar-refractivity contribution in [2.75, 3.05) is 20.1 Å². The summed E-state index contributed by atoms with van der Waals surface area (Å²) in [4.78, 5) is 13.9. The van der Waals surface area contributed by atoms with Gasteiger partial charge in [0.1, 0.15) is 5.75 Å². The van der Waals surface area contributed by atoms with Gasteiger partial charge in [-0.15, -0.1) is 0 Å². The zero-order valence-electron chi connectivity index (χ0n) is 10.7. The summed E-state index contributed by atoms with van der Waals surface area (Å²) in [6.45, 7) is 2.24. The first-order valence-electron chi connectivity index (χ1n) is 6.41. The van der Waals surface area contributed by atoms with Gasteiger partial charge in [0.05, 0.1) is 5.92 Å². The Morgan fingerprint density at radius 1 is 1.50 bits per heavy atom. The van der Waals surface area contributed by atoms with Crippen LogP contribution in [0.2, 0.25) is 0 Å². The number of nitrogens with zero attached hydrogens (tertiary/aromatic N) is 1. The van der Waals surface area contributed by atoms with E-state index in [1.165, 1.54) is 0 Å². The third kappa shape index (κ3) is 3.01. The lowest BCUT2D eigenvalue weighted by atomic mass is 9.98. The quantitative estimate of drug-likeness (QED) is 0.849. The van der Waals surface area contributed by atoms with Crippen LogP contribution in [-0.2, 0) is 11.3 Å². The first kappa shape index (κ1) is 12.9. The van der Waals surface area contributed by atoms with Crippen molar-refractivity contribution >= 4 is 5.91 Å². The monoisotopic (exact) mass is 248 g/mol. The molecule has 2 N–H and O–H groups in total. The number of piperidine rings is 1. The standard InChI is InChI=1S/C14H20N2O2/c1-16(10-12-5-2-3-7-13(12)17)14(18)11-6-4-8-15-9-11/h2-3,5,7,11,15,17H,4,6,8-10H2,1H3/t11-/m1/s1. The minimum Gasteiger partial charge on any atom is -0.508 e. The molecule has 4 nitrogen and oxygen atoms in total. The van der Waals surface area contributed by atoms with E-state index in [-0.39, 0.29) is 17.6 Å². The van der Waals surface area contributed by atoms with Gasteiger partial charge < -0.3 is 15.3 Å². The van der Waals surface area contributed by atoms with Crippen molar-refractivity contribution in [3.63, 3.8) is 0 Å². The Labute approximate surface area is 108 Å². The molecule has 0 aliphatic carbocycles. The lowest BCUT2D eigenvalue weighted by Crippen LogP contribution is -2.41. The molecule has 18 heavy (non-hydrogen) atoms. The highest BCUT2D eigenvalue weighted by atomic mass is 16.3. The zero-order valence-corrected chi connectivity index (χ0v) is 10.7. The van der Waals surface area contributed by atoms with Crippen LogP contribution in [0.25, 0.3) is 0 Å². The van der Waals surface area contributed by atoms with Crippen LogP contribution in [0.5, 0.6) is 5.75 Å². The number of carbonyl (C=O) groups is 1. The number of phenolic OH excluding ortho intramolecular Hbond substituents is 1. The molecule has 1 aliphatic heterocycles. The molecule has 0 aromatic heterocycles. The van der Waals surface area contributed by atoms with Crippen LogP contribution in [0, 0.1) is 5.92 Å². The Hall–Kier alpha value is -1.55. The number of phenols is 1. The van der Waals surface area contributed by atoms with E-state index >= 15 is 0 Å². The van der Waals surface area contributed by atoms with Gasteiger partial charge in [-0.25, -0.2) is 0 Å². The van der Waals surface area contributed by atoms with E-state index in [4.69, 9.17) is 0 Å². The van der Waals surface area contributed by atoms with Crippen LogP contribution in [-0.4, -0.2) is 36.1 Å². The number of hydrogen-bond donors (Lipinski definition) is 2. The molecule has 0 spiro atoms. The first-order valence-corrected chi connectivity index (χ1v) is 6.41. The van der Waals surface area contributed by atoms with E-state index in [9.17, 15) is 9.90 Å². The molecule has 1 heterocycles. The van der Waals surface area contributed by atoms with Crippen LogP contribution in [0.4, 0.5) is 0 Å². The number of rotatable bonds is 3. The molecule has 0 unspecified atom stereocenters. The molecule has 2 rings (SSSR count). The topological polar surface area (TPSA) is 52.6 Å². The molecule has 0 saturated carbocycles. The number of amides is 1. The van der Waals surface area contributed by atoms with E-state index in [0.717, 1.165) is 31.5 Å². The van der Waals surface area contributed by atoms with Gasteiger partial charge in [-0.2, -0.15) is 0 Å². The fourth-order valence-electron chi connectivity index (χ4n) is 2.35. The van der Waals surface area contributed by atoms with E-state index < -0.39 is 0 Å². The molecule has 0 radical (unpaired) electrons. The lowest BCUT2D eigenvalue weighted by molar-refractivity contribution is -0.135. The van der Waals surface area contributed by atoms with Crippen molar-refractivity contribution in [3.05, 3.63) is 29.8 Å². The van der Waals surface area contributed by atoms with Gasteiger partial charge in [0.25, 0.3) is 0 Å². The summed E-state index contributed by atoms with van der Waals surface area (Å²) in [6, 6.07) is 7.15. The Balaban J connectivity index is 1.96. The van der Waals surface area contributed by atoms with Gasteiger partial charge in [0.2, 0.25) is 5.91 Å².